The summed E-state index contributed by atoms with van der Waals surface area (Å²) < 4.78 is 11.1. The highest BCUT2D eigenvalue weighted by atomic mass is 16.7. The number of nitrogens with zero attached hydrogens (tertiary/aromatic N) is 4. The Hall–Kier alpha value is -2.67. The number of amides is 1. The van der Waals surface area contributed by atoms with Crippen molar-refractivity contribution < 1.29 is 14.3 Å². The normalized spacial score (nSPS) is 31.8. The number of hydrogen-bond donors (Lipinski definition) is 0. The number of aryl methyl sites for hydroxylation is 1. The molecule has 150 valence electrons. The molecule has 29 heavy (non-hydrogen) atoms. The first-order chi connectivity index (χ1) is 14.2. The lowest BCUT2D eigenvalue weighted by molar-refractivity contribution is -0.00344. The van der Waals surface area contributed by atoms with Gasteiger partial charge in [0.2, 0.25) is 6.79 Å². The molecule has 5 aliphatic heterocycles. The molecular formula is C22H24N4O3. The summed E-state index contributed by atoms with van der Waals surface area (Å²) in [7, 11) is 0. The molecule has 3 atom stereocenters. The van der Waals surface area contributed by atoms with Crippen molar-refractivity contribution in [2.45, 2.75) is 37.8 Å². The summed E-state index contributed by atoms with van der Waals surface area (Å²) in [6.45, 7) is 5.09. The van der Waals surface area contributed by atoms with E-state index in [0.29, 0.717) is 29.9 Å². The van der Waals surface area contributed by atoms with Gasteiger partial charge < -0.3 is 14.4 Å². The highest BCUT2D eigenvalue weighted by molar-refractivity contribution is 5.94. The van der Waals surface area contributed by atoms with Crippen LogP contribution in [0.2, 0.25) is 0 Å². The van der Waals surface area contributed by atoms with Crippen LogP contribution in [0.5, 0.6) is 11.5 Å². The smallest absolute Gasteiger partial charge is 0.257 e. The monoisotopic (exact) mass is 392 g/mol. The van der Waals surface area contributed by atoms with Gasteiger partial charge in [0.1, 0.15) is 5.82 Å². The van der Waals surface area contributed by atoms with E-state index in [1.165, 1.54) is 18.4 Å². The molecule has 1 aromatic carbocycles. The van der Waals surface area contributed by atoms with Crippen LogP contribution in [-0.2, 0) is 0 Å². The third-order valence-electron chi connectivity index (χ3n) is 7.11. The summed E-state index contributed by atoms with van der Waals surface area (Å²) in [6, 6.07) is 6.86. The molecule has 0 aliphatic carbocycles. The maximum absolute atomic E-state index is 13.4. The van der Waals surface area contributed by atoms with E-state index >= 15 is 0 Å². The minimum absolute atomic E-state index is 0.0528. The highest BCUT2D eigenvalue weighted by Gasteiger charge is 2.54. The standard InChI is InChI=1S/C22H24N4O3/c1-13-23-9-16(10-24-13)22(27)26-11-17(15-2-3-18-19(8-15)29-12-28-18)21-20(26)14-4-6-25(21)7-5-14/h2-3,8-10,14,17,20-21H,4-7,11-12H2,1H3/t17-,20+,21+/m0/s1. The van der Waals surface area contributed by atoms with E-state index in [1.807, 2.05) is 13.0 Å². The first-order valence-electron chi connectivity index (χ1n) is 10.4. The second kappa shape index (κ2) is 6.42. The summed E-state index contributed by atoms with van der Waals surface area (Å²) in [5.41, 5.74) is 1.81. The predicted molar refractivity (Wildman–Crippen MR) is 105 cm³/mol. The van der Waals surface area contributed by atoms with Crippen LogP contribution in [-0.4, -0.2) is 64.2 Å². The molecule has 7 nitrogen and oxygen atoms in total. The Labute approximate surface area is 169 Å². The Bertz CT molecular complexity index is 955. The third-order valence-corrected chi connectivity index (χ3v) is 7.11. The minimum Gasteiger partial charge on any atom is -0.454 e. The molecule has 2 aromatic rings. The maximum atomic E-state index is 13.4. The van der Waals surface area contributed by atoms with Crippen LogP contribution >= 0.6 is 0 Å². The van der Waals surface area contributed by atoms with Gasteiger partial charge in [0.05, 0.1) is 11.6 Å². The Balaban J connectivity index is 1.37. The summed E-state index contributed by atoms with van der Waals surface area (Å²) >= 11 is 0. The lowest BCUT2D eigenvalue weighted by Crippen LogP contribution is -2.60. The number of benzene rings is 1. The number of carbonyl (C=O) groups excluding carboxylic acids is 1. The quantitative estimate of drug-likeness (QED) is 0.781. The van der Waals surface area contributed by atoms with Crippen molar-refractivity contribution in [3.05, 3.63) is 47.5 Å². The first kappa shape index (κ1) is 17.2. The lowest BCUT2D eigenvalue weighted by atomic mass is 9.75. The van der Waals surface area contributed by atoms with Crippen molar-refractivity contribution in [1.29, 1.82) is 0 Å². The molecule has 0 radical (unpaired) electrons. The Kier molecular flexibility index (Phi) is 3.81. The van der Waals surface area contributed by atoms with Gasteiger partial charge in [-0.1, -0.05) is 6.07 Å². The zero-order valence-corrected chi connectivity index (χ0v) is 16.5. The van der Waals surface area contributed by atoms with Crippen LogP contribution in [0.1, 0.15) is 40.5 Å². The van der Waals surface area contributed by atoms with Crippen molar-refractivity contribution in [1.82, 2.24) is 19.8 Å². The number of rotatable bonds is 2. The van der Waals surface area contributed by atoms with Gasteiger partial charge in [0.15, 0.2) is 11.5 Å². The topological polar surface area (TPSA) is 67.8 Å². The van der Waals surface area contributed by atoms with E-state index in [2.05, 4.69) is 31.9 Å². The van der Waals surface area contributed by atoms with E-state index in [1.54, 1.807) is 12.4 Å². The van der Waals surface area contributed by atoms with Crippen molar-refractivity contribution in [2.24, 2.45) is 5.92 Å². The molecule has 2 bridgehead atoms. The van der Waals surface area contributed by atoms with Crippen molar-refractivity contribution in [3.8, 4) is 11.5 Å². The van der Waals surface area contributed by atoms with E-state index < -0.39 is 0 Å². The number of carbonyl (C=O) groups is 1. The third kappa shape index (κ3) is 2.64. The van der Waals surface area contributed by atoms with Crippen LogP contribution < -0.4 is 9.47 Å². The fraction of sp³-hybridized carbons (Fsp3) is 0.500. The zero-order chi connectivity index (χ0) is 19.5. The lowest BCUT2D eigenvalue weighted by Gasteiger charge is -2.51. The SMILES string of the molecule is Cc1ncc(C(=O)N2C[C@@H](c3ccc4c(c3)OCO4)[C@@H]3[C@H]2C2CCN3CC2)cn1. The number of likely N-dealkylation sites (tertiary alicyclic amines) is 1. The summed E-state index contributed by atoms with van der Waals surface area (Å²) in [4.78, 5) is 26.6. The minimum atomic E-state index is 0.0528. The number of ether oxygens (including phenoxy) is 2. The van der Waals surface area contributed by atoms with Crippen molar-refractivity contribution in [2.75, 3.05) is 26.4 Å². The molecule has 0 spiro atoms. The summed E-state index contributed by atoms with van der Waals surface area (Å²) in [5.74, 6) is 3.19. The van der Waals surface area contributed by atoms with E-state index in [-0.39, 0.29) is 24.7 Å². The molecule has 0 N–H and O–H groups in total. The van der Waals surface area contributed by atoms with Gasteiger partial charge in [0.25, 0.3) is 5.91 Å². The predicted octanol–water partition coefficient (Wildman–Crippen LogP) is 2.22. The van der Waals surface area contributed by atoms with E-state index in [0.717, 1.165) is 24.6 Å². The van der Waals surface area contributed by atoms with Gasteiger partial charge >= 0.3 is 0 Å². The van der Waals surface area contributed by atoms with Gasteiger partial charge in [-0.05, 0) is 56.5 Å². The van der Waals surface area contributed by atoms with Gasteiger partial charge in [-0.15, -0.1) is 0 Å². The second-order valence-electron chi connectivity index (χ2n) is 8.55. The average Bonchev–Trinajstić information content (AvgIpc) is 3.40. The summed E-state index contributed by atoms with van der Waals surface area (Å²) in [5, 5.41) is 0. The Morgan fingerprint density at radius 3 is 2.62 bits per heavy atom. The fourth-order valence-electron chi connectivity index (χ4n) is 5.76. The van der Waals surface area contributed by atoms with Crippen LogP contribution in [0.3, 0.4) is 0 Å². The molecule has 4 fully saturated rings. The number of aromatic nitrogens is 2. The number of hydrogen-bond acceptors (Lipinski definition) is 6. The molecular weight excluding hydrogens is 368 g/mol. The summed E-state index contributed by atoms with van der Waals surface area (Å²) in [6.07, 6.45) is 5.66. The molecule has 6 heterocycles. The number of fused-ring (bicyclic) bond motifs is 3. The van der Waals surface area contributed by atoms with E-state index in [9.17, 15) is 4.79 Å². The molecule has 1 amide bonds. The van der Waals surface area contributed by atoms with Gasteiger partial charge in [-0.2, -0.15) is 0 Å². The van der Waals surface area contributed by atoms with Crippen LogP contribution in [0.15, 0.2) is 30.6 Å². The van der Waals surface area contributed by atoms with Gasteiger partial charge in [0, 0.05) is 30.9 Å². The first-order valence-corrected chi connectivity index (χ1v) is 10.4. The fourth-order valence-corrected chi connectivity index (χ4v) is 5.76. The van der Waals surface area contributed by atoms with Crippen molar-refractivity contribution >= 4 is 5.91 Å². The molecule has 7 rings (SSSR count). The maximum Gasteiger partial charge on any atom is 0.257 e. The van der Waals surface area contributed by atoms with Crippen LogP contribution in [0.25, 0.3) is 0 Å². The Morgan fingerprint density at radius 1 is 1.07 bits per heavy atom. The molecule has 0 saturated carbocycles. The average molecular weight is 392 g/mol. The van der Waals surface area contributed by atoms with Crippen LogP contribution in [0.4, 0.5) is 0 Å². The molecule has 0 unspecified atom stereocenters. The molecule has 1 aromatic heterocycles. The van der Waals surface area contributed by atoms with Gasteiger partial charge in [-0.25, -0.2) is 9.97 Å². The van der Waals surface area contributed by atoms with E-state index in [4.69, 9.17) is 9.47 Å². The van der Waals surface area contributed by atoms with Gasteiger partial charge in [-0.3, -0.25) is 9.69 Å². The van der Waals surface area contributed by atoms with Crippen molar-refractivity contribution in [3.63, 3.8) is 0 Å². The molecule has 7 heteroatoms. The van der Waals surface area contributed by atoms with Crippen LogP contribution in [0, 0.1) is 12.8 Å². The zero-order valence-electron chi connectivity index (χ0n) is 16.5. The number of piperidine rings is 3. The second-order valence-corrected chi connectivity index (χ2v) is 8.55. The molecule has 5 aliphatic rings. The Morgan fingerprint density at radius 2 is 1.83 bits per heavy atom. The largest absolute Gasteiger partial charge is 0.454 e. The highest BCUT2D eigenvalue weighted by Crippen LogP contribution is 2.48. The molecule has 4 saturated heterocycles.